The van der Waals surface area contributed by atoms with E-state index in [0.29, 0.717) is 30.2 Å². The van der Waals surface area contributed by atoms with Crippen LogP contribution in [0.1, 0.15) is 47.8 Å². The molecule has 2 N–H and O–H groups in total. The van der Waals surface area contributed by atoms with E-state index in [0.717, 1.165) is 6.42 Å². The minimum atomic E-state index is -1.37. The van der Waals surface area contributed by atoms with Gasteiger partial charge in [-0.15, -0.1) is 0 Å². The first-order valence-electron chi connectivity index (χ1n) is 12.7. The molecular formula is C29H28ClN5O5. The van der Waals surface area contributed by atoms with Crippen LogP contribution in [-0.4, -0.2) is 43.8 Å². The highest BCUT2D eigenvalue weighted by atomic mass is 35.5. The van der Waals surface area contributed by atoms with Crippen molar-refractivity contribution in [2.75, 3.05) is 16.8 Å². The quantitative estimate of drug-likeness (QED) is 0.341. The molecule has 40 heavy (non-hydrogen) atoms. The SMILES string of the molecule is Cc1cc(NC(=O)OC(C)(C)C)ncc1-n1cc(C(=O)O)c(=O)c2cc(Cl)c(N3CCc4ccccc4C3)nc21. The topological polar surface area (TPSA) is 127 Å². The van der Waals surface area contributed by atoms with E-state index in [1.54, 1.807) is 33.8 Å². The van der Waals surface area contributed by atoms with Gasteiger partial charge in [0.25, 0.3) is 0 Å². The standard InChI is InChI=1S/C29H28ClN5O5/c1-16-11-23(32-28(39)40-29(2,3)4)31-13-22(16)35-15-20(27(37)38)24(36)19-12-21(30)26(33-25(19)35)34-10-9-17-7-5-6-8-18(17)14-34/h5-8,11-13,15H,9-10,14H2,1-4H3,(H,37,38)(H,31,32,39). The van der Waals surface area contributed by atoms with Crippen molar-refractivity contribution in [1.29, 1.82) is 0 Å². The van der Waals surface area contributed by atoms with Crippen LogP contribution in [0.2, 0.25) is 5.02 Å². The van der Waals surface area contributed by atoms with E-state index >= 15 is 0 Å². The predicted molar refractivity (Wildman–Crippen MR) is 153 cm³/mol. The fourth-order valence-electron chi connectivity index (χ4n) is 4.73. The molecule has 1 aromatic carbocycles. The summed E-state index contributed by atoms with van der Waals surface area (Å²) in [6, 6.07) is 11.3. The number of hydrogen-bond donors (Lipinski definition) is 2. The number of ether oxygens (including phenoxy) is 1. The highest BCUT2D eigenvalue weighted by Crippen LogP contribution is 2.32. The Balaban J connectivity index is 1.61. The average molecular weight is 562 g/mol. The summed E-state index contributed by atoms with van der Waals surface area (Å²) in [4.78, 5) is 48.5. The van der Waals surface area contributed by atoms with Crippen molar-refractivity contribution in [1.82, 2.24) is 14.5 Å². The number of aryl methyl sites for hydroxylation is 1. The maximum Gasteiger partial charge on any atom is 0.413 e. The number of carboxylic acids is 1. The number of nitrogens with zero attached hydrogens (tertiary/aromatic N) is 4. The highest BCUT2D eigenvalue weighted by Gasteiger charge is 2.24. The second-order valence-corrected chi connectivity index (χ2v) is 11.0. The number of amides is 1. The maximum atomic E-state index is 13.1. The fourth-order valence-corrected chi connectivity index (χ4v) is 5.00. The zero-order chi connectivity index (χ0) is 28.8. The Morgan fingerprint density at radius 1 is 1.15 bits per heavy atom. The van der Waals surface area contributed by atoms with Gasteiger partial charge in [-0.2, -0.15) is 0 Å². The van der Waals surface area contributed by atoms with Gasteiger partial charge in [0.05, 0.1) is 22.3 Å². The summed E-state index contributed by atoms with van der Waals surface area (Å²) in [5, 5.41) is 12.7. The molecule has 0 radical (unpaired) electrons. The van der Waals surface area contributed by atoms with E-state index in [1.807, 2.05) is 17.0 Å². The summed E-state index contributed by atoms with van der Waals surface area (Å²) in [5.41, 5.74) is 2.00. The van der Waals surface area contributed by atoms with Crippen LogP contribution in [0.15, 0.2) is 53.6 Å². The van der Waals surface area contributed by atoms with Gasteiger partial charge >= 0.3 is 12.1 Å². The van der Waals surface area contributed by atoms with E-state index in [-0.39, 0.29) is 21.9 Å². The number of nitrogens with one attached hydrogen (secondary N) is 1. The van der Waals surface area contributed by atoms with Crippen LogP contribution < -0.4 is 15.6 Å². The lowest BCUT2D eigenvalue weighted by atomic mass is 10.00. The Hall–Kier alpha value is -4.44. The minimum absolute atomic E-state index is 0.0708. The van der Waals surface area contributed by atoms with Crippen LogP contribution >= 0.6 is 11.6 Å². The largest absolute Gasteiger partial charge is 0.477 e. The lowest BCUT2D eigenvalue weighted by molar-refractivity contribution is 0.0633. The Kier molecular flexibility index (Phi) is 6.97. The second-order valence-electron chi connectivity index (χ2n) is 10.6. The van der Waals surface area contributed by atoms with Gasteiger partial charge in [-0.3, -0.25) is 14.7 Å². The number of aromatic carboxylic acids is 1. The highest BCUT2D eigenvalue weighted by molar-refractivity contribution is 6.33. The molecule has 1 amide bonds. The monoisotopic (exact) mass is 561 g/mol. The molecule has 0 fully saturated rings. The Morgan fingerprint density at radius 2 is 1.88 bits per heavy atom. The zero-order valence-corrected chi connectivity index (χ0v) is 23.2. The summed E-state index contributed by atoms with van der Waals surface area (Å²) in [6.45, 7) is 8.32. The molecule has 4 aromatic rings. The van der Waals surface area contributed by atoms with E-state index in [1.165, 1.54) is 34.2 Å². The van der Waals surface area contributed by atoms with Crippen LogP contribution in [-0.2, 0) is 17.7 Å². The Bertz CT molecular complexity index is 1730. The number of fused-ring (bicyclic) bond motifs is 2. The van der Waals surface area contributed by atoms with Gasteiger partial charge in [-0.25, -0.2) is 19.6 Å². The van der Waals surface area contributed by atoms with Crippen molar-refractivity contribution >= 4 is 46.3 Å². The van der Waals surface area contributed by atoms with Gasteiger partial charge in [0.2, 0.25) is 5.43 Å². The summed E-state index contributed by atoms with van der Waals surface area (Å²) in [6.07, 6.45) is 2.88. The minimum Gasteiger partial charge on any atom is -0.477 e. The molecule has 0 saturated heterocycles. The van der Waals surface area contributed by atoms with Gasteiger partial charge in [-0.1, -0.05) is 35.9 Å². The second kappa shape index (κ2) is 10.3. The molecule has 0 atom stereocenters. The molecule has 0 spiro atoms. The van der Waals surface area contributed by atoms with Crippen molar-refractivity contribution in [3.05, 3.63) is 86.3 Å². The van der Waals surface area contributed by atoms with Gasteiger partial charge in [0.15, 0.2) is 5.65 Å². The first kappa shape index (κ1) is 27.1. The first-order valence-corrected chi connectivity index (χ1v) is 13.1. The summed E-state index contributed by atoms with van der Waals surface area (Å²) in [7, 11) is 0. The number of rotatable bonds is 4. The van der Waals surface area contributed by atoms with Crippen LogP contribution in [0.4, 0.5) is 16.4 Å². The third kappa shape index (κ3) is 5.35. The lowest BCUT2D eigenvalue weighted by Gasteiger charge is -2.30. The number of carbonyl (C=O) groups excluding carboxylic acids is 1. The average Bonchev–Trinajstić information content (AvgIpc) is 2.88. The molecular weight excluding hydrogens is 534 g/mol. The van der Waals surface area contributed by atoms with Gasteiger partial charge in [0.1, 0.15) is 22.8 Å². The number of carboxylic acid groups (broad SMARTS) is 1. The first-order chi connectivity index (χ1) is 18.9. The Labute approximate surface area is 235 Å². The maximum absolute atomic E-state index is 13.1. The number of pyridine rings is 3. The summed E-state index contributed by atoms with van der Waals surface area (Å²) >= 11 is 6.65. The third-order valence-corrected chi connectivity index (χ3v) is 6.82. The third-order valence-electron chi connectivity index (χ3n) is 6.55. The fraction of sp³-hybridized carbons (Fsp3) is 0.276. The number of halogens is 1. The summed E-state index contributed by atoms with van der Waals surface area (Å²) in [5.74, 6) is -0.626. The lowest BCUT2D eigenvalue weighted by Crippen LogP contribution is -2.31. The number of hydrogen-bond acceptors (Lipinski definition) is 7. The summed E-state index contributed by atoms with van der Waals surface area (Å²) < 4.78 is 6.82. The van der Waals surface area contributed by atoms with Crippen LogP contribution in [0.3, 0.4) is 0 Å². The molecule has 1 aliphatic rings. The van der Waals surface area contributed by atoms with E-state index in [4.69, 9.17) is 21.3 Å². The molecule has 0 saturated carbocycles. The molecule has 1 aliphatic heterocycles. The van der Waals surface area contributed by atoms with Crippen molar-refractivity contribution in [3.8, 4) is 5.69 Å². The Morgan fingerprint density at radius 3 is 2.55 bits per heavy atom. The molecule has 11 heteroatoms. The number of benzene rings is 1. The van der Waals surface area contributed by atoms with E-state index < -0.39 is 28.7 Å². The number of anilines is 2. The van der Waals surface area contributed by atoms with Gasteiger partial charge < -0.3 is 14.7 Å². The van der Waals surface area contributed by atoms with Crippen LogP contribution in [0.5, 0.6) is 0 Å². The van der Waals surface area contributed by atoms with Crippen molar-refractivity contribution < 1.29 is 19.4 Å². The molecule has 10 nitrogen and oxygen atoms in total. The number of aromatic nitrogens is 3. The smallest absolute Gasteiger partial charge is 0.413 e. The molecule has 0 bridgehead atoms. The van der Waals surface area contributed by atoms with Crippen LogP contribution in [0.25, 0.3) is 16.7 Å². The number of carbonyl (C=O) groups is 2. The van der Waals surface area contributed by atoms with Gasteiger partial charge in [0, 0.05) is 19.3 Å². The van der Waals surface area contributed by atoms with Crippen LogP contribution in [0, 0.1) is 6.92 Å². The molecule has 4 heterocycles. The van der Waals surface area contributed by atoms with Crippen molar-refractivity contribution in [2.24, 2.45) is 0 Å². The molecule has 0 unspecified atom stereocenters. The van der Waals surface area contributed by atoms with Gasteiger partial charge in [-0.05, 0) is 62.9 Å². The van der Waals surface area contributed by atoms with Crippen molar-refractivity contribution in [2.45, 2.75) is 46.3 Å². The predicted octanol–water partition coefficient (Wildman–Crippen LogP) is 5.35. The van der Waals surface area contributed by atoms with E-state index in [9.17, 15) is 19.5 Å². The van der Waals surface area contributed by atoms with E-state index in [2.05, 4.69) is 22.4 Å². The molecule has 206 valence electrons. The van der Waals surface area contributed by atoms with Crippen molar-refractivity contribution in [3.63, 3.8) is 0 Å². The molecule has 0 aliphatic carbocycles. The normalized spacial score (nSPS) is 13.2. The zero-order valence-electron chi connectivity index (χ0n) is 22.5. The molecule has 3 aromatic heterocycles. The molecule has 5 rings (SSSR count).